The van der Waals surface area contributed by atoms with Crippen molar-refractivity contribution in [2.75, 3.05) is 19.0 Å². The van der Waals surface area contributed by atoms with Crippen molar-refractivity contribution in [3.8, 4) is 0 Å². The first kappa shape index (κ1) is 11.1. The molecule has 0 amide bonds. The third-order valence-corrected chi connectivity index (χ3v) is 2.70. The molecule has 0 aromatic heterocycles. The molecule has 0 aliphatic rings. The largest absolute Gasteiger partial charge is 0.378 e. The third kappa shape index (κ3) is 2.76. The predicted octanol–water partition coefficient (Wildman–Crippen LogP) is 3.66. The van der Waals surface area contributed by atoms with E-state index in [1.54, 1.807) is 0 Å². The van der Waals surface area contributed by atoms with Crippen molar-refractivity contribution < 1.29 is 0 Å². The van der Waals surface area contributed by atoms with Gasteiger partial charge in [0.2, 0.25) is 0 Å². The average molecular weight is 191 g/mol. The maximum atomic E-state index is 2.30. The highest BCUT2D eigenvalue weighted by molar-refractivity contribution is 5.46. The minimum atomic E-state index is 0.691. The topological polar surface area (TPSA) is 3.24 Å². The lowest BCUT2D eigenvalue weighted by molar-refractivity contribution is 0.665. The highest BCUT2D eigenvalue weighted by atomic mass is 15.1. The zero-order chi connectivity index (χ0) is 10.6. The summed E-state index contributed by atoms with van der Waals surface area (Å²) in [7, 11) is 4.15. The number of hydrogen-bond acceptors (Lipinski definition) is 1. The van der Waals surface area contributed by atoms with Gasteiger partial charge in [0, 0.05) is 19.8 Å². The van der Waals surface area contributed by atoms with Gasteiger partial charge < -0.3 is 4.90 Å². The summed E-state index contributed by atoms with van der Waals surface area (Å²) in [5.41, 5.74) is 2.73. The smallest absolute Gasteiger partial charge is 0.0361 e. The van der Waals surface area contributed by atoms with Crippen LogP contribution in [0.15, 0.2) is 24.3 Å². The molecule has 1 nitrogen and oxygen atoms in total. The van der Waals surface area contributed by atoms with Crippen molar-refractivity contribution in [3.05, 3.63) is 29.8 Å². The van der Waals surface area contributed by atoms with E-state index >= 15 is 0 Å². The Morgan fingerprint density at radius 2 is 1.71 bits per heavy atom. The molecule has 1 aromatic carbocycles. The lowest BCUT2D eigenvalue weighted by Gasteiger charge is -2.15. The highest BCUT2D eigenvalue weighted by Crippen LogP contribution is 2.22. The van der Waals surface area contributed by atoms with Crippen LogP contribution in [-0.4, -0.2) is 14.1 Å². The molecule has 1 heteroatoms. The van der Waals surface area contributed by atoms with Crippen molar-refractivity contribution in [1.29, 1.82) is 0 Å². The van der Waals surface area contributed by atoms with Crippen molar-refractivity contribution in [2.24, 2.45) is 0 Å². The Balaban J connectivity index is 2.72. The maximum Gasteiger partial charge on any atom is 0.0361 e. The summed E-state index contributed by atoms with van der Waals surface area (Å²) < 4.78 is 0. The van der Waals surface area contributed by atoms with E-state index in [9.17, 15) is 0 Å². The molecule has 0 aliphatic heterocycles. The van der Waals surface area contributed by atoms with E-state index in [1.165, 1.54) is 24.1 Å². The summed E-state index contributed by atoms with van der Waals surface area (Å²) >= 11 is 0. The fraction of sp³-hybridized carbons (Fsp3) is 0.538. The fourth-order valence-electron chi connectivity index (χ4n) is 1.70. The van der Waals surface area contributed by atoms with Gasteiger partial charge >= 0.3 is 0 Å². The molecule has 1 rings (SSSR count). The first-order chi connectivity index (χ1) is 6.65. The van der Waals surface area contributed by atoms with Gasteiger partial charge in [0.25, 0.3) is 0 Å². The first-order valence-corrected chi connectivity index (χ1v) is 5.42. The Kier molecular flexibility index (Phi) is 3.99. The minimum absolute atomic E-state index is 0.691. The van der Waals surface area contributed by atoms with Crippen molar-refractivity contribution in [3.63, 3.8) is 0 Å². The quantitative estimate of drug-likeness (QED) is 0.702. The van der Waals surface area contributed by atoms with E-state index < -0.39 is 0 Å². The zero-order valence-corrected chi connectivity index (χ0v) is 9.75. The van der Waals surface area contributed by atoms with Gasteiger partial charge in [-0.15, -0.1) is 0 Å². The Bertz CT molecular complexity index is 261. The van der Waals surface area contributed by atoms with Crippen LogP contribution < -0.4 is 4.90 Å². The van der Waals surface area contributed by atoms with Crippen LogP contribution >= 0.6 is 0 Å². The molecule has 0 aliphatic carbocycles. The van der Waals surface area contributed by atoms with Gasteiger partial charge in [-0.05, 0) is 30.0 Å². The van der Waals surface area contributed by atoms with Gasteiger partial charge in [0.15, 0.2) is 0 Å². The summed E-state index contributed by atoms with van der Waals surface area (Å²) in [6.07, 6.45) is 2.54. The lowest BCUT2D eigenvalue weighted by Crippen LogP contribution is -2.08. The van der Waals surface area contributed by atoms with Crippen LogP contribution in [0, 0.1) is 0 Å². The molecular weight excluding hydrogens is 170 g/mol. The van der Waals surface area contributed by atoms with Crippen molar-refractivity contribution in [2.45, 2.75) is 32.6 Å². The fourth-order valence-corrected chi connectivity index (χ4v) is 1.70. The van der Waals surface area contributed by atoms with Crippen molar-refractivity contribution in [1.82, 2.24) is 0 Å². The molecule has 0 saturated carbocycles. The minimum Gasteiger partial charge on any atom is -0.378 e. The Labute approximate surface area is 87.7 Å². The van der Waals surface area contributed by atoms with Crippen LogP contribution in [0.3, 0.4) is 0 Å². The Hall–Kier alpha value is -0.980. The SMILES string of the molecule is CCCC(C)c1ccc(N(C)C)cc1. The van der Waals surface area contributed by atoms with E-state index in [-0.39, 0.29) is 0 Å². The van der Waals surface area contributed by atoms with Gasteiger partial charge in [-0.2, -0.15) is 0 Å². The molecule has 0 radical (unpaired) electrons. The zero-order valence-electron chi connectivity index (χ0n) is 9.75. The average Bonchev–Trinajstić information content (AvgIpc) is 2.18. The summed E-state index contributed by atoms with van der Waals surface area (Å²) in [5.74, 6) is 0.691. The summed E-state index contributed by atoms with van der Waals surface area (Å²) in [6.45, 7) is 4.54. The van der Waals surface area contributed by atoms with E-state index in [4.69, 9.17) is 0 Å². The predicted molar refractivity (Wildman–Crippen MR) is 64.1 cm³/mol. The molecule has 0 spiro atoms. The van der Waals surface area contributed by atoms with Crippen LogP contribution in [-0.2, 0) is 0 Å². The van der Waals surface area contributed by atoms with Gasteiger partial charge in [-0.25, -0.2) is 0 Å². The van der Waals surface area contributed by atoms with Gasteiger partial charge in [-0.1, -0.05) is 32.4 Å². The molecule has 0 fully saturated rings. The first-order valence-electron chi connectivity index (χ1n) is 5.42. The van der Waals surface area contributed by atoms with Crippen molar-refractivity contribution >= 4 is 5.69 Å². The second-order valence-corrected chi connectivity index (χ2v) is 4.18. The van der Waals surface area contributed by atoms with Crippen LogP contribution in [0.25, 0.3) is 0 Å². The number of anilines is 1. The van der Waals surface area contributed by atoms with Crippen LogP contribution in [0.1, 0.15) is 38.2 Å². The third-order valence-electron chi connectivity index (χ3n) is 2.70. The standard InChI is InChI=1S/C13H21N/c1-5-6-11(2)12-7-9-13(10-8-12)14(3)4/h7-11H,5-6H2,1-4H3. The van der Waals surface area contributed by atoms with E-state index in [1.807, 2.05) is 0 Å². The summed E-state index contributed by atoms with van der Waals surface area (Å²) in [5, 5.41) is 0. The van der Waals surface area contributed by atoms with E-state index in [0.29, 0.717) is 5.92 Å². The number of benzene rings is 1. The lowest BCUT2D eigenvalue weighted by atomic mass is 9.96. The van der Waals surface area contributed by atoms with E-state index in [0.717, 1.165) is 0 Å². The molecule has 1 unspecified atom stereocenters. The molecular formula is C13H21N. The molecule has 0 bridgehead atoms. The van der Waals surface area contributed by atoms with Gasteiger partial charge in [0.05, 0.1) is 0 Å². The molecule has 1 atom stereocenters. The van der Waals surface area contributed by atoms with Crippen LogP contribution in [0.5, 0.6) is 0 Å². The second kappa shape index (κ2) is 5.04. The van der Waals surface area contributed by atoms with Gasteiger partial charge in [0.1, 0.15) is 0 Å². The highest BCUT2D eigenvalue weighted by Gasteiger charge is 2.03. The molecule has 1 aromatic rings. The maximum absolute atomic E-state index is 2.30. The summed E-state index contributed by atoms with van der Waals surface area (Å²) in [6, 6.07) is 8.88. The Morgan fingerprint density at radius 3 is 2.14 bits per heavy atom. The number of nitrogens with zero attached hydrogens (tertiary/aromatic N) is 1. The number of rotatable bonds is 4. The molecule has 0 saturated heterocycles. The number of hydrogen-bond donors (Lipinski definition) is 0. The normalized spacial score (nSPS) is 12.6. The van der Waals surface area contributed by atoms with Crippen LogP contribution in [0.2, 0.25) is 0 Å². The molecule has 14 heavy (non-hydrogen) atoms. The summed E-state index contributed by atoms with van der Waals surface area (Å²) in [4.78, 5) is 2.13. The molecule has 0 N–H and O–H groups in total. The monoisotopic (exact) mass is 191 g/mol. The van der Waals surface area contributed by atoms with Crippen LogP contribution in [0.4, 0.5) is 5.69 Å². The molecule has 0 heterocycles. The van der Waals surface area contributed by atoms with Gasteiger partial charge in [-0.3, -0.25) is 0 Å². The molecule has 78 valence electrons. The Morgan fingerprint density at radius 1 is 1.14 bits per heavy atom. The second-order valence-electron chi connectivity index (χ2n) is 4.18. The van der Waals surface area contributed by atoms with E-state index in [2.05, 4.69) is 57.1 Å².